The molecule has 1 aromatic carbocycles. The molecule has 1 atom stereocenters. The maximum atomic E-state index is 12.4. The fraction of sp³-hybridized carbons (Fsp3) is 0.444. The van der Waals surface area contributed by atoms with E-state index in [0.717, 1.165) is 0 Å². The number of methoxy groups -OCH3 is 1. The zero-order chi connectivity index (χ0) is 22.7. The lowest BCUT2D eigenvalue weighted by Gasteiger charge is -2.15. The molecule has 12 heteroatoms. The van der Waals surface area contributed by atoms with Crippen molar-refractivity contribution in [2.24, 2.45) is 7.05 Å². The molecule has 0 fully saturated rings. The van der Waals surface area contributed by atoms with Crippen molar-refractivity contribution in [3.63, 3.8) is 0 Å². The Morgan fingerprint density at radius 2 is 1.93 bits per heavy atom. The summed E-state index contributed by atoms with van der Waals surface area (Å²) in [6, 6.07) is 8.25. The molecular formula is C18H28N4O6S2. The van der Waals surface area contributed by atoms with Crippen molar-refractivity contribution in [1.29, 1.82) is 0 Å². The number of sulfone groups is 1. The summed E-state index contributed by atoms with van der Waals surface area (Å²) in [5.41, 5.74) is -0.316. The number of aryl methyl sites for hydroxylation is 1. The molecule has 2 rings (SSSR count). The van der Waals surface area contributed by atoms with E-state index < -0.39 is 21.2 Å². The number of hydrogen-bond acceptors (Lipinski definition) is 8. The van der Waals surface area contributed by atoms with Crippen LogP contribution in [0.1, 0.15) is 20.6 Å². The molecular weight excluding hydrogens is 432 g/mol. The first-order valence-corrected chi connectivity index (χ1v) is 11.6. The summed E-state index contributed by atoms with van der Waals surface area (Å²) < 4.78 is 31.7. The molecule has 0 spiro atoms. The molecule has 0 radical (unpaired) electrons. The number of hydrogen-bond donors (Lipinski definition) is 1. The molecule has 0 aliphatic carbocycles. The van der Waals surface area contributed by atoms with E-state index >= 15 is 0 Å². The number of aromatic nitrogens is 3. The van der Waals surface area contributed by atoms with Crippen LogP contribution in [0.15, 0.2) is 46.3 Å². The minimum Gasteiger partial charge on any atom is -0.468 e. The Morgan fingerprint density at radius 3 is 2.40 bits per heavy atom. The van der Waals surface area contributed by atoms with Crippen LogP contribution in [-0.4, -0.2) is 59.8 Å². The first-order valence-electron chi connectivity index (χ1n) is 8.93. The lowest BCUT2D eigenvalue weighted by atomic mass is 10.4. The predicted octanol–water partition coefficient (Wildman–Crippen LogP) is 0.849. The zero-order valence-electron chi connectivity index (χ0n) is 17.3. The normalized spacial score (nSPS) is 11.7. The van der Waals surface area contributed by atoms with Gasteiger partial charge < -0.3 is 10.1 Å². The van der Waals surface area contributed by atoms with Gasteiger partial charge in [0.2, 0.25) is 5.91 Å². The second-order valence-corrected chi connectivity index (χ2v) is 9.45. The molecule has 1 aromatic heterocycles. The zero-order valence-corrected chi connectivity index (χ0v) is 18.9. The molecule has 1 N–H and O–H groups in total. The molecule has 0 saturated carbocycles. The van der Waals surface area contributed by atoms with Gasteiger partial charge in [0.1, 0.15) is 18.2 Å². The van der Waals surface area contributed by atoms with Gasteiger partial charge in [0, 0.05) is 15.4 Å². The maximum Gasteiger partial charge on any atom is 0.346 e. The summed E-state index contributed by atoms with van der Waals surface area (Å²) in [5, 5.41) is 5.74. The molecule has 10 nitrogen and oxygen atoms in total. The molecule has 0 bridgehead atoms. The Bertz CT molecular complexity index is 992. The fourth-order valence-electron chi connectivity index (χ4n) is 2.15. The standard InChI is InChI=1S/C13H17N3O3S2.C5H9NO3.H2/c1-3-20-12(16-13(17)15(2)10-14-16)9-21(18,19)11-7-5-4-6-8-11;1-4(7)6-3-5(8)9-2;/h4-8,10,12H,3,9H2,1-2H3;3H2,1-2H3,(H,6,7);1H. The van der Waals surface area contributed by atoms with Gasteiger partial charge in [-0.05, 0) is 17.9 Å². The van der Waals surface area contributed by atoms with Gasteiger partial charge in [-0.1, -0.05) is 25.1 Å². The average molecular weight is 461 g/mol. The van der Waals surface area contributed by atoms with Crippen molar-refractivity contribution in [3.05, 3.63) is 47.1 Å². The highest BCUT2D eigenvalue weighted by Gasteiger charge is 2.24. The van der Waals surface area contributed by atoms with Crippen molar-refractivity contribution in [2.75, 3.05) is 25.2 Å². The van der Waals surface area contributed by atoms with Crippen LogP contribution in [0.5, 0.6) is 0 Å². The van der Waals surface area contributed by atoms with E-state index in [2.05, 4.69) is 15.2 Å². The highest BCUT2D eigenvalue weighted by molar-refractivity contribution is 8.00. The van der Waals surface area contributed by atoms with Gasteiger partial charge in [-0.15, -0.1) is 11.8 Å². The number of esters is 1. The second-order valence-electron chi connectivity index (χ2n) is 5.96. The predicted molar refractivity (Wildman–Crippen MR) is 116 cm³/mol. The molecule has 1 amide bonds. The number of nitrogens with one attached hydrogen (secondary N) is 1. The second kappa shape index (κ2) is 12.2. The van der Waals surface area contributed by atoms with Gasteiger partial charge >= 0.3 is 11.7 Å². The van der Waals surface area contributed by atoms with Crippen LogP contribution in [0.2, 0.25) is 0 Å². The number of ether oxygens (including phenoxy) is 1. The number of thioether (sulfide) groups is 1. The van der Waals surface area contributed by atoms with E-state index in [1.165, 1.54) is 41.4 Å². The van der Waals surface area contributed by atoms with E-state index in [0.29, 0.717) is 5.75 Å². The molecule has 0 saturated heterocycles. The van der Waals surface area contributed by atoms with E-state index in [-0.39, 0.29) is 30.2 Å². The van der Waals surface area contributed by atoms with Crippen molar-refractivity contribution in [2.45, 2.75) is 24.1 Å². The Hall–Kier alpha value is -2.60. The maximum absolute atomic E-state index is 12.4. The van der Waals surface area contributed by atoms with Crippen molar-refractivity contribution in [1.82, 2.24) is 19.7 Å². The van der Waals surface area contributed by atoms with Gasteiger partial charge in [-0.3, -0.25) is 14.2 Å². The number of nitrogens with zero attached hydrogens (tertiary/aromatic N) is 3. The summed E-state index contributed by atoms with van der Waals surface area (Å²) in [5.74, 6) is -0.143. The highest BCUT2D eigenvalue weighted by atomic mass is 32.2. The lowest BCUT2D eigenvalue weighted by Crippen LogP contribution is -2.29. The van der Waals surface area contributed by atoms with Gasteiger partial charge in [0.25, 0.3) is 0 Å². The van der Waals surface area contributed by atoms with E-state index in [1.807, 2.05) is 6.92 Å². The van der Waals surface area contributed by atoms with E-state index in [1.54, 1.807) is 37.4 Å². The van der Waals surface area contributed by atoms with Crippen LogP contribution >= 0.6 is 11.8 Å². The summed E-state index contributed by atoms with van der Waals surface area (Å²) >= 11 is 1.39. The van der Waals surface area contributed by atoms with Gasteiger partial charge in [0.05, 0.1) is 17.8 Å². The summed E-state index contributed by atoms with van der Waals surface area (Å²) in [4.78, 5) is 32.6. The number of benzene rings is 1. The summed E-state index contributed by atoms with van der Waals surface area (Å²) in [7, 11) is -0.611. The summed E-state index contributed by atoms with van der Waals surface area (Å²) in [6.45, 7) is 3.20. The number of carbonyl (C=O) groups excluding carboxylic acids is 2. The summed E-state index contributed by atoms with van der Waals surface area (Å²) in [6.07, 6.45) is 1.39. The Balaban J connectivity index is 0.000000769. The van der Waals surface area contributed by atoms with Crippen LogP contribution in [0, 0.1) is 0 Å². The number of amides is 1. The monoisotopic (exact) mass is 460 g/mol. The third kappa shape index (κ3) is 8.03. The smallest absolute Gasteiger partial charge is 0.346 e. The van der Waals surface area contributed by atoms with Gasteiger partial charge in [0.15, 0.2) is 9.84 Å². The third-order valence-corrected chi connectivity index (χ3v) is 6.69. The third-order valence-electron chi connectivity index (χ3n) is 3.65. The first-order chi connectivity index (χ1) is 14.1. The topological polar surface area (TPSA) is 129 Å². The van der Waals surface area contributed by atoms with Crippen LogP contribution in [-0.2, 0) is 31.2 Å². The van der Waals surface area contributed by atoms with E-state index in [4.69, 9.17) is 0 Å². The molecule has 168 valence electrons. The average Bonchev–Trinajstić information content (AvgIpc) is 3.05. The molecule has 1 unspecified atom stereocenters. The van der Waals surface area contributed by atoms with Crippen LogP contribution in [0.3, 0.4) is 0 Å². The SMILES string of the molecule is CCSC(CS(=O)(=O)c1ccccc1)n1ncn(C)c1=O.COC(=O)CNC(C)=O.[HH]. The van der Waals surface area contributed by atoms with Crippen LogP contribution in [0.25, 0.3) is 0 Å². The van der Waals surface area contributed by atoms with Crippen molar-refractivity contribution >= 4 is 33.5 Å². The van der Waals surface area contributed by atoms with E-state index in [9.17, 15) is 22.8 Å². The Labute approximate surface area is 181 Å². The molecule has 2 aromatic rings. The van der Waals surface area contributed by atoms with Crippen molar-refractivity contribution < 1.29 is 24.2 Å². The lowest BCUT2D eigenvalue weighted by molar-refractivity contribution is -0.140. The minimum absolute atomic E-state index is 0. The van der Waals surface area contributed by atoms with Crippen LogP contribution in [0.4, 0.5) is 0 Å². The largest absolute Gasteiger partial charge is 0.468 e. The molecule has 1 heterocycles. The Kier molecular flexibility index (Phi) is 10.3. The fourth-order valence-corrected chi connectivity index (χ4v) is 5.03. The number of rotatable bonds is 8. The highest BCUT2D eigenvalue weighted by Crippen LogP contribution is 2.25. The Morgan fingerprint density at radius 1 is 1.30 bits per heavy atom. The number of carbonyl (C=O) groups is 2. The first kappa shape index (κ1) is 25.4. The van der Waals surface area contributed by atoms with Gasteiger partial charge in [-0.2, -0.15) is 9.78 Å². The van der Waals surface area contributed by atoms with Gasteiger partial charge in [-0.25, -0.2) is 13.2 Å². The minimum atomic E-state index is -3.47. The van der Waals surface area contributed by atoms with Crippen molar-refractivity contribution in [3.8, 4) is 0 Å². The molecule has 0 aliphatic heterocycles. The van der Waals surface area contributed by atoms with Crippen LogP contribution < -0.4 is 11.0 Å². The molecule has 0 aliphatic rings. The molecule has 30 heavy (non-hydrogen) atoms. The quantitative estimate of drug-likeness (QED) is 0.574.